The average molecular weight is 417 g/mol. The third-order valence-corrected chi connectivity index (χ3v) is 5.90. The molecule has 2 aromatic heterocycles. The number of amides is 1. The zero-order chi connectivity index (χ0) is 19.6. The summed E-state index contributed by atoms with van der Waals surface area (Å²) in [4.78, 5) is 13.0. The Morgan fingerprint density at radius 3 is 2.79 bits per heavy atom. The van der Waals surface area contributed by atoms with Gasteiger partial charge in [-0.1, -0.05) is 36.0 Å². The molecule has 148 valence electrons. The third-order valence-electron chi connectivity index (χ3n) is 4.02. The molecular weight excluding hydrogens is 392 g/mol. The van der Waals surface area contributed by atoms with Gasteiger partial charge in [0.15, 0.2) is 11.0 Å². The van der Waals surface area contributed by atoms with E-state index in [9.17, 15) is 4.79 Å². The molecule has 0 unspecified atom stereocenters. The van der Waals surface area contributed by atoms with E-state index in [4.69, 9.17) is 4.74 Å². The van der Waals surface area contributed by atoms with Crippen molar-refractivity contribution in [2.45, 2.75) is 24.4 Å². The number of carbonyl (C=O) groups excluding carboxylic acids is 1. The minimum atomic E-state index is 0.0838. The summed E-state index contributed by atoms with van der Waals surface area (Å²) in [5, 5.41) is 14.6. The Labute approximate surface area is 173 Å². The van der Waals surface area contributed by atoms with E-state index in [1.54, 1.807) is 30.2 Å². The van der Waals surface area contributed by atoms with Crippen molar-refractivity contribution in [1.29, 1.82) is 0 Å². The molecule has 6 nitrogen and oxygen atoms in total. The number of thioether (sulfide) groups is 1. The maximum atomic E-state index is 11.9. The van der Waals surface area contributed by atoms with Gasteiger partial charge in [0.2, 0.25) is 5.91 Å². The van der Waals surface area contributed by atoms with Crippen LogP contribution >= 0.6 is 23.1 Å². The number of para-hydroxylation sites is 1. The summed E-state index contributed by atoms with van der Waals surface area (Å²) in [7, 11) is 1.66. The number of rotatable bonds is 11. The van der Waals surface area contributed by atoms with E-state index < -0.39 is 0 Å². The molecule has 3 aromatic rings. The van der Waals surface area contributed by atoms with Gasteiger partial charge >= 0.3 is 0 Å². The van der Waals surface area contributed by atoms with Crippen molar-refractivity contribution in [2.75, 3.05) is 26.0 Å². The fourth-order valence-electron chi connectivity index (χ4n) is 2.67. The van der Waals surface area contributed by atoms with Crippen molar-refractivity contribution in [1.82, 2.24) is 20.1 Å². The lowest BCUT2D eigenvalue weighted by Gasteiger charge is -2.09. The molecule has 0 bridgehead atoms. The number of methoxy groups -OCH3 is 1. The molecule has 1 N–H and O–H groups in total. The van der Waals surface area contributed by atoms with E-state index in [1.807, 2.05) is 29.6 Å². The molecular formula is C20H24N4O2S2. The number of benzene rings is 1. The normalized spacial score (nSPS) is 10.9. The monoisotopic (exact) mass is 416 g/mol. The van der Waals surface area contributed by atoms with Gasteiger partial charge in [0, 0.05) is 38.1 Å². The number of thiophene rings is 1. The molecule has 28 heavy (non-hydrogen) atoms. The summed E-state index contributed by atoms with van der Waals surface area (Å²) in [6.45, 7) is 1.32. The van der Waals surface area contributed by atoms with Gasteiger partial charge in [0.25, 0.3) is 0 Å². The van der Waals surface area contributed by atoms with Gasteiger partial charge in [-0.25, -0.2) is 0 Å². The highest BCUT2D eigenvalue weighted by Crippen LogP contribution is 2.30. The van der Waals surface area contributed by atoms with Crippen LogP contribution in [0.25, 0.3) is 16.4 Å². The number of ether oxygens (including phenoxy) is 1. The summed E-state index contributed by atoms with van der Waals surface area (Å²) >= 11 is 3.27. The smallest absolute Gasteiger partial charge is 0.220 e. The van der Waals surface area contributed by atoms with Crippen LogP contribution in [-0.2, 0) is 9.53 Å². The standard InChI is InChI=1S/C20H24N4O2S2/c1-26-13-7-12-21-18(25)11-6-15-28-20-23-22-19(17-10-5-14-27-17)24(20)16-8-3-2-4-9-16/h2-5,8-10,14H,6-7,11-13,15H2,1H3,(H,21,25). The van der Waals surface area contributed by atoms with E-state index in [2.05, 4.69) is 38.3 Å². The SMILES string of the molecule is COCCCNC(=O)CCCSc1nnc(-c2cccs2)n1-c1ccccc1. The molecule has 8 heteroatoms. The topological polar surface area (TPSA) is 69.0 Å². The molecule has 0 radical (unpaired) electrons. The van der Waals surface area contributed by atoms with E-state index in [1.165, 1.54) is 0 Å². The first-order chi connectivity index (χ1) is 13.8. The predicted molar refractivity (Wildman–Crippen MR) is 114 cm³/mol. The molecule has 0 saturated carbocycles. The van der Waals surface area contributed by atoms with Gasteiger partial charge in [0.1, 0.15) is 0 Å². The van der Waals surface area contributed by atoms with Gasteiger partial charge in [-0.3, -0.25) is 9.36 Å². The Kier molecular flexibility index (Phi) is 8.07. The minimum Gasteiger partial charge on any atom is -0.385 e. The van der Waals surface area contributed by atoms with Crippen LogP contribution in [-0.4, -0.2) is 46.7 Å². The molecule has 1 aromatic carbocycles. The van der Waals surface area contributed by atoms with Crippen LogP contribution in [0, 0.1) is 0 Å². The lowest BCUT2D eigenvalue weighted by atomic mass is 10.3. The molecule has 0 aliphatic rings. The minimum absolute atomic E-state index is 0.0838. The lowest BCUT2D eigenvalue weighted by molar-refractivity contribution is -0.121. The molecule has 1 amide bonds. The van der Waals surface area contributed by atoms with E-state index in [0.29, 0.717) is 19.6 Å². The van der Waals surface area contributed by atoms with Crippen LogP contribution in [0.15, 0.2) is 53.0 Å². The number of hydrogen-bond acceptors (Lipinski definition) is 6. The maximum absolute atomic E-state index is 11.9. The van der Waals surface area contributed by atoms with Crippen molar-refractivity contribution in [3.63, 3.8) is 0 Å². The van der Waals surface area contributed by atoms with Crippen molar-refractivity contribution < 1.29 is 9.53 Å². The second-order valence-corrected chi connectivity index (χ2v) is 8.11. The number of aromatic nitrogens is 3. The number of carbonyl (C=O) groups is 1. The van der Waals surface area contributed by atoms with Gasteiger partial charge in [0.05, 0.1) is 4.88 Å². The number of nitrogens with zero attached hydrogens (tertiary/aromatic N) is 3. The van der Waals surface area contributed by atoms with Crippen LogP contribution in [0.3, 0.4) is 0 Å². The van der Waals surface area contributed by atoms with E-state index in [-0.39, 0.29) is 5.91 Å². The highest BCUT2D eigenvalue weighted by atomic mass is 32.2. The van der Waals surface area contributed by atoms with Crippen LogP contribution in [0.2, 0.25) is 0 Å². The highest BCUT2D eigenvalue weighted by Gasteiger charge is 2.16. The van der Waals surface area contributed by atoms with E-state index in [0.717, 1.165) is 40.1 Å². The summed E-state index contributed by atoms with van der Waals surface area (Å²) in [5.74, 6) is 1.74. The summed E-state index contributed by atoms with van der Waals surface area (Å²) in [6, 6.07) is 14.2. The highest BCUT2D eigenvalue weighted by molar-refractivity contribution is 7.99. The predicted octanol–water partition coefficient (Wildman–Crippen LogP) is 4.02. The largest absolute Gasteiger partial charge is 0.385 e. The van der Waals surface area contributed by atoms with Crippen LogP contribution < -0.4 is 5.32 Å². The molecule has 0 saturated heterocycles. The first-order valence-electron chi connectivity index (χ1n) is 9.22. The molecule has 0 atom stereocenters. The van der Waals surface area contributed by atoms with E-state index >= 15 is 0 Å². The van der Waals surface area contributed by atoms with Crippen LogP contribution in [0.5, 0.6) is 0 Å². The summed E-state index contributed by atoms with van der Waals surface area (Å²) < 4.78 is 7.06. The molecule has 0 aliphatic heterocycles. The molecule has 2 heterocycles. The first-order valence-corrected chi connectivity index (χ1v) is 11.1. The molecule has 3 rings (SSSR count). The Hall–Kier alpha value is -2.16. The van der Waals surface area contributed by atoms with Crippen LogP contribution in [0.1, 0.15) is 19.3 Å². The van der Waals surface area contributed by atoms with Gasteiger partial charge in [-0.05, 0) is 36.4 Å². The van der Waals surface area contributed by atoms with Crippen molar-refractivity contribution in [2.24, 2.45) is 0 Å². The molecule has 0 spiro atoms. The number of nitrogens with one attached hydrogen (secondary N) is 1. The zero-order valence-electron chi connectivity index (χ0n) is 15.8. The summed E-state index contributed by atoms with van der Waals surface area (Å²) in [5.41, 5.74) is 1.04. The summed E-state index contributed by atoms with van der Waals surface area (Å²) in [6.07, 6.45) is 2.14. The Balaban J connectivity index is 1.59. The van der Waals surface area contributed by atoms with Gasteiger partial charge in [-0.15, -0.1) is 21.5 Å². The van der Waals surface area contributed by atoms with Gasteiger partial charge < -0.3 is 10.1 Å². The molecule has 0 aliphatic carbocycles. The van der Waals surface area contributed by atoms with Crippen molar-refractivity contribution in [3.05, 3.63) is 47.8 Å². The second-order valence-electron chi connectivity index (χ2n) is 6.10. The van der Waals surface area contributed by atoms with Crippen molar-refractivity contribution >= 4 is 29.0 Å². The molecule has 0 fully saturated rings. The Morgan fingerprint density at radius 2 is 2.04 bits per heavy atom. The number of hydrogen-bond donors (Lipinski definition) is 1. The lowest BCUT2D eigenvalue weighted by Crippen LogP contribution is -2.24. The maximum Gasteiger partial charge on any atom is 0.220 e. The Morgan fingerprint density at radius 1 is 1.18 bits per heavy atom. The fraction of sp³-hybridized carbons (Fsp3) is 0.350. The third kappa shape index (κ3) is 5.67. The zero-order valence-corrected chi connectivity index (χ0v) is 17.5. The van der Waals surface area contributed by atoms with Crippen LogP contribution in [0.4, 0.5) is 0 Å². The fourth-order valence-corrected chi connectivity index (χ4v) is 4.26. The Bertz CT molecular complexity index is 850. The second kappa shape index (κ2) is 11.0. The quantitative estimate of drug-likeness (QED) is 0.378. The van der Waals surface area contributed by atoms with Crippen molar-refractivity contribution in [3.8, 4) is 16.4 Å². The average Bonchev–Trinajstić information content (AvgIpc) is 3.39. The van der Waals surface area contributed by atoms with Gasteiger partial charge in [-0.2, -0.15) is 0 Å². The first kappa shape index (κ1) is 20.6.